The van der Waals surface area contributed by atoms with Gasteiger partial charge in [0.05, 0.1) is 6.61 Å². The standard InChI is InChI=1S/C13H18N2O2/c1-2-17-9-8-15-13(16)7-6-11-4-3-5-12(14)10-11/h3-7,10H,2,8-9,14H2,1H3,(H,15,16)/b7-6+. The summed E-state index contributed by atoms with van der Waals surface area (Å²) in [4.78, 5) is 11.4. The average molecular weight is 234 g/mol. The van der Waals surface area contributed by atoms with E-state index >= 15 is 0 Å². The number of nitrogen functional groups attached to an aromatic ring is 1. The second-order valence-corrected chi connectivity index (χ2v) is 3.49. The number of amides is 1. The van der Waals surface area contributed by atoms with E-state index < -0.39 is 0 Å². The third-order valence-corrected chi connectivity index (χ3v) is 2.09. The Morgan fingerprint density at radius 3 is 3.06 bits per heavy atom. The van der Waals surface area contributed by atoms with Crippen LogP contribution < -0.4 is 11.1 Å². The van der Waals surface area contributed by atoms with Crippen molar-refractivity contribution in [2.45, 2.75) is 6.92 Å². The van der Waals surface area contributed by atoms with Crippen molar-refractivity contribution in [2.75, 3.05) is 25.5 Å². The topological polar surface area (TPSA) is 64.3 Å². The van der Waals surface area contributed by atoms with Crippen LogP contribution in [0.5, 0.6) is 0 Å². The van der Waals surface area contributed by atoms with Crippen molar-refractivity contribution in [2.24, 2.45) is 0 Å². The molecular weight excluding hydrogens is 216 g/mol. The minimum atomic E-state index is -0.132. The molecule has 4 heteroatoms. The highest BCUT2D eigenvalue weighted by molar-refractivity contribution is 5.91. The first-order chi connectivity index (χ1) is 8.22. The maximum Gasteiger partial charge on any atom is 0.244 e. The Bertz CT molecular complexity index is 389. The van der Waals surface area contributed by atoms with Crippen molar-refractivity contribution in [3.05, 3.63) is 35.9 Å². The van der Waals surface area contributed by atoms with Crippen LogP contribution in [-0.2, 0) is 9.53 Å². The van der Waals surface area contributed by atoms with Crippen molar-refractivity contribution in [1.29, 1.82) is 0 Å². The summed E-state index contributed by atoms with van der Waals surface area (Å²) in [5.74, 6) is -0.132. The van der Waals surface area contributed by atoms with Crippen LogP contribution in [0, 0.1) is 0 Å². The fourth-order valence-electron chi connectivity index (χ4n) is 1.28. The molecule has 0 aliphatic rings. The summed E-state index contributed by atoms with van der Waals surface area (Å²) in [5.41, 5.74) is 7.22. The van der Waals surface area contributed by atoms with E-state index in [1.54, 1.807) is 12.1 Å². The van der Waals surface area contributed by atoms with Gasteiger partial charge >= 0.3 is 0 Å². The quantitative estimate of drug-likeness (QED) is 0.444. The molecule has 0 saturated carbocycles. The number of carbonyl (C=O) groups excluding carboxylic acids is 1. The van der Waals surface area contributed by atoms with Crippen LogP contribution in [0.1, 0.15) is 12.5 Å². The summed E-state index contributed by atoms with van der Waals surface area (Å²) in [6, 6.07) is 7.35. The van der Waals surface area contributed by atoms with Gasteiger partial charge in [0.15, 0.2) is 0 Å². The molecule has 0 spiro atoms. The molecule has 3 N–H and O–H groups in total. The van der Waals surface area contributed by atoms with E-state index in [4.69, 9.17) is 10.5 Å². The molecule has 17 heavy (non-hydrogen) atoms. The summed E-state index contributed by atoms with van der Waals surface area (Å²) in [6.07, 6.45) is 3.22. The van der Waals surface area contributed by atoms with Crippen molar-refractivity contribution < 1.29 is 9.53 Å². The van der Waals surface area contributed by atoms with Gasteiger partial charge in [0, 0.05) is 24.9 Å². The highest BCUT2D eigenvalue weighted by Crippen LogP contribution is 2.07. The lowest BCUT2D eigenvalue weighted by molar-refractivity contribution is -0.116. The van der Waals surface area contributed by atoms with Crippen molar-refractivity contribution >= 4 is 17.7 Å². The molecule has 92 valence electrons. The van der Waals surface area contributed by atoms with Crippen molar-refractivity contribution in [1.82, 2.24) is 5.32 Å². The normalized spacial score (nSPS) is 10.6. The molecule has 1 aromatic carbocycles. The molecule has 0 atom stereocenters. The molecule has 0 aliphatic carbocycles. The molecule has 0 aromatic heterocycles. The Morgan fingerprint density at radius 1 is 1.53 bits per heavy atom. The smallest absolute Gasteiger partial charge is 0.244 e. The number of hydrogen-bond donors (Lipinski definition) is 2. The van der Waals surface area contributed by atoms with E-state index in [0.717, 1.165) is 5.56 Å². The lowest BCUT2D eigenvalue weighted by Crippen LogP contribution is -2.25. The molecule has 1 aromatic rings. The molecule has 4 nitrogen and oxygen atoms in total. The minimum absolute atomic E-state index is 0.132. The first kappa shape index (κ1) is 13.3. The molecule has 0 heterocycles. The van der Waals surface area contributed by atoms with Gasteiger partial charge in [-0.15, -0.1) is 0 Å². The number of carbonyl (C=O) groups is 1. The van der Waals surface area contributed by atoms with Gasteiger partial charge in [0.25, 0.3) is 0 Å². The Morgan fingerprint density at radius 2 is 2.35 bits per heavy atom. The Hall–Kier alpha value is -1.81. The number of rotatable bonds is 6. The molecule has 0 bridgehead atoms. The molecule has 0 fully saturated rings. The van der Waals surface area contributed by atoms with Crippen LogP contribution in [0.15, 0.2) is 30.3 Å². The molecule has 0 aliphatic heterocycles. The van der Waals surface area contributed by atoms with Gasteiger partial charge in [-0.2, -0.15) is 0 Å². The van der Waals surface area contributed by atoms with Crippen LogP contribution in [0.2, 0.25) is 0 Å². The third kappa shape index (κ3) is 5.73. The monoisotopic (exact) mass is 234 g/mol. The number of hydrogen-bond acceptors (Lipinski definition) is 3. The zero-order chi connectivity index (χ0) is 12.5. The number of nitrogens with two attached hydrogens (primary N) is 1. The van der Waals surface area contributed by atoms with Crippen LogP contribution in [-0.4, -0.2) is 25.7 Å². The van der Waals surface area contributed by atoms with E-state index in [9.17, 15) is 4.79 Å². The number of ether oxygens (including phenoxy) is 1. The highest BCUT2D eigenvalue weighted by Gasteiger charge is 1.94. The van der Waals surface area contributed by atoms with E-state index in [0.29, 0.717) is 25.4 Å². The Kier molecular flexibility index (Phi) is 5.82. The Labute approximate surface area is 101 Å². The summed E-state index contributed by atoms with van der Waals surface area (Å²) >= 11 is 0. The maximum atomic E-state index is 11.4. The fraction of sp³-hybridized carbons (Fsp3) is 0.308. The van der Waals surface area contributed by atoms with Crippen LogP contribution >= 0.6 is 0 Å². The SMILES string of the molecule is CCOCCNC(=O)/C=C/c1cccc(N)c1. The zero-order valence-corrected chi connectivity index (χ0v) is 9.98. The van der Waals surface area contributed by atoms with E-state index in [1.165, 1.54) is 6.08 Å². The second kappa shape index (κ2) is 7.46. The second-order valence-electron chi connectivity index (χ2n) is 3.49. The van der Waals surface area contributed by atoms with E-state index in [-0.39, 0.29) is 5.91 Å². The van der Waals surface area contributed by atoms with E-state index in [1.807, 2.05) is 25.1 Å². The number of nitrogens with one attached hydrogen (secondary N) is 1. The van der Waals surface area contributed by atoms with Crippen molar-refractivity contribution in [3.63, 3.8) is 0 Å². The molecule has 1 amide bonds. The average Bonchev–Trinajstić information content (AvgIpc) is 2.32. The molecule has 1 rings (SSSR count). The van der Waals surface area contributed by atoms with E-state index in [2.05, 4.69) is 5.32 Å². The zero-order valence-electron chi connectivity index (χ0n) is 9.98. The van der Waals surface area contributed by atoms with Gasteiger partial charge < -0.3 is 15.8 Å². The van der Waals surface area contributed by atoms with Crippen LogP contribution in [0.3, 0.4) is 0 Å². The Balaban J connectivity index is 2.35. The van der Waals surface area contributed by atoms with Gasteiger partial charge in [0.1, 0.15) is 0 Å². The summed E-state index contributed by atoms with van der Waals surface area (Å²) in [5, 5.41) is 2.72. The van der Waals surface area contributed by atoms with Gasteiger partial charge in [-0.05, 0) is 30.7 Å². The summed E-state index contributed by atoms with van der Waals surface area (Å²) < 4.78 is 5.11. The first-order valence-corrected chi connectivity index (χ1v) is 5.61. The third-order valence-electron chi connectivity index (χ3n) is 2.09. The van der Waals surface area contributed by atoms with Gasteiger partial charge in [0.2, 0.25) is 5.91 Å². The van der Waals surface area contributed by atoms with Crippen LogP contribution in [0.4, 0.5) is 5.69 Å². The highest BCUT2D eigenvalue weighted by atomic mass is 16.5. The van der Waals surface area contributed by atoms with Gasteiger partial charge in [-0.3, -0.25) is 4.79 Å². The number of anilines is 1. The van der Waals surface area contributed by atoms with Gasteiger partial charge in [-0.25, -0.2) is 0 Å². The molecule has 0 radical (unpaired) electrons. The fourth-order valence-corrected chi connectivity index (χ4v) is 1.28. The summed E-state index contributed by atoms with van der Waals surface area (Å²) in [7, 11) is 0. The first-order valence-electron chi connectivity index (χ1n) is 5.61. The predicted octanol–water partition coefficient (Wildman–Crippen LogP) is 1.43. The predicted molar refractivity (Wildman–Crippen MR) is 69.4 cm³/mol. The largest absolute Gasteiger partial charge is 0.399 e. The summed E-state index contributed by atoms with van der Waals surface area (Å²) in [6.45, 7) is 3.64. The lowest BCUT2D eigenvalue weighted by atomic mass is 10.2. The molecular formula is C13H18N2O2. The van der Waals surface area contributed by atoms with Gasteiger partial charge in [-0.1, -0.05) is 12.1 Å². The van der Waals surface area contributed by atoms with Crippen molar-refractivity contribution in [3.8, 4) is 0 Å². The lowest BCUT2D eigenvalue weighted by Gasteiger charge is -2.01. The molecule has 0 unspecified atom stereocenters. The van der Waals surface area contributed by atoms with Crippen LogP contribution in [0.25, 0.3) is 6.08 Å². The minimum Gasteiger partial charge on any atom is -0.399 e. The molecule has 0 saturated heterocycles. The number of benzene rings is 1. The maximum absolute atomic E-state index is 11.4.